The Hall–Kier alpha value is -2.39. The Bertz CT molecular complexity index is 645. The summed E-state index contributed by atoms with van der Waals surface area (Å²) in [4.78, 5) is 4.24. The summed E-state index contributed by atoms with van der Waals surface area (Å²) in [5, 5.41) is 16.6. The lowest BCUT2D eigenvalue weighted by Crippen LogP contribution is -2.25. The standard InChI is InChI=1S/C14H15N5O/c1-19-12(4-7-17-19)13-11(5-8-20-13)18-14-10(9-15)3-2-6-16-14/h2-4,6-7,11,13H,5,8H2,1H3,(H,16,18)/t11-,13-/m0/s1. The third-order valence-corrected chi connectivity index (χ3v) is 3.49. The SMILES string of the molecule is Cn1nccc1[C@H]1OCC[C@@H]1Nc1ncccc1C#N. The molecule has 1 aliphatic rings. The molecule has 0 amide bonds. The Morgan fingerprint density at radius 1 is 1.45 bits per heavy atom. The Morgan fingerprint density at radius 3 is 3.10 bits per heavy atom. The van der Waals surface area contributed by atoms with E-state index in [-0.39, 0.29) is 12.1 Å². The van der Waals surface area contributed by atoms with E-state index in [9.17, 15) is 0 Å². The van der Waals surface area contributed by atoms with Crippen molar-refractivity contribution < 1.29 is 4.74 Å². The molecule has 20 heavy (non-hydrogen) atoms. The van der Waals surface area contributed by atoms with Crippen LogP contribution >= 0.6 is 0 Å². The van der Waals surface area contributed by atoms with Crippen molar-refractivity contribution in [3.05, 3.63) is 41.9 Å². The van der Waals surface area contributed by atoms with Crippen LogP contribution in [0.5, 0.6) is 0 Å². The molecule has 0 spiro atoms. The summed E-state index contributed by atoms with van der Waals surface area (Å²) < 4.78 is 7.62. The van der Waals surface area contributed by atoms with Crippen molar-refractivity contribution in [3.63, 3.8) is 0 Å². The highest BCUT2D eigenvalue weighted by Crippen LogP contribution is 2.31. The van der Waals surface area contributed by atoms with Gasteiger partial charge in [0.2, 0.25) is 0 Å². The minimum atomic E-state index is -0.0731. The first-order valence-electron chi connectivity index (χ1n) is 6.51. The fraction of sp³-hybridized carbons (Fsp3) is 0.357. The van der Waals surface area contributed by atoms with E-state index >= 15 is 0 Å². The van der Waals surface area contributed by atoms with Crippen molar-refractivity contribution in [2.45, 2.75) is 18.6 Å². The molecule has 0 bridgehead atoms. The average Bonchev–Trinajstić information content (AvgIpc) is 3.08. The van der Waals surface area contributed by atoms with E-state index in [1.165, 1.54) is 0 Å². The van der Waals surface area contributed by atoms with Crippen molar-refractivity contribution in [3.8, 4) is 6.07 Å². The molecular weight excluding hydrogens is 254 g/mol. The van der Waals surface area contributed by atoms with E-state index in [1.54, 1.807) is 24.5 Å². The molecule has 0 saturated carbocycles. The number of hydrogen-bond acceptors (Lipinski definition) is 5. The van der Waals surface area contributed by atoms with Crippen molar-refractivity contribution in [1.82, 2.24) is 14.8 Å². The predicted octanol–water partition coefficient (Wildman–Crippen LogP) is 1.63. The lowest BCUT2D eigenvalue weighted by atomic mass is 10.1. The maximum Gasteiger partial charge on any atom is 0.144 e. The van der Waals surface area contributed by atoms with Crippen LogP contribution in [0.4, 0.5) is 5.82 Å². The summed E-state index contributed by atoms with van der Waals surface area (Å²) in [6.45, 7) is 0.683. The molecule has 3 heterocycles. The van der Waals surface area contributed by atoms with Crippen LogP contribution in [-0.2, 0) is 11.8 Å². The van der Waals surface area contributed by atoms with Crippen molar-refractivity contribution in [1.29, 1.82) is 5.26 Å². The summed E-state index contributed by atoms with van der Waals surface area (Å²) >= 11 is 0. The first-order chi connectivity index (χ1) is 9.79. The number of aromatic nitrogens is 3. The molecule has 1 aliphatic heterocycles. The van der Waals surface area contributed by atoms with Gasteiger partial charge in [0.05, 0.1) is 17.3 Å². The molecular formula is C14H15N5O. The minimum absolute atomic E-state index is 0.0731. The molecule has 0 unspecified atom stereocenters. The Labute approximate surface area is 117 Å². The van der Waals surface area contributed by atoms with E-state index < -0.39 is 0 Å². The summed E-state index contributed by atoms with van der Waals surface area (Å²) in [7, 11) is 1.90. The number of aryl methyl sites for hydroxylation is 1. The highest BCUT2D eigenvalue weighted by molar-refractivity contribution is 5.52. The second-order valence-corrected chi connectivity index (χ2v) is 4.72. The Kier molecular flexibility index (Phi) is 3.35. The maximum atomic E-state index is 9.11. The van der Waals surface area contributed by atoms with Crippen molar-refractivity contribution >= 4 is 5.82 Å². The third-order valence-electron chi connectivity index (χ3n) is 3.49. The van der Waals surface area contributed by atoms with E-state index in [0.717, 1.165) is 12.1 Å². The van der Waals surface area contributed by atoms with Crippen LogP contribution in [0, 0.1) is 11.3 Å². The normalized spacial score (nSPS) is 21.6. The van der Waals surface area contributed by atoms with Crippen LogP contribution in [0.1, 0.15) is 23.8 Å². The van der Waals surface area contributed by atoms with Crippen molar-refractivity contribution in [2.24, 2.45) is 7.05 Å². The molecule has 102 valence electrons. The van der Waals surface area contributed by atoms with Gasteiger partial charge in [-0.3, -0.25) is 4.68 Å². The van der Waals surface area contributed by atoms with Gasteiger partial charge in [-0.25, -0.2) is 4.98 Å². The van der Waals surface area contributed by atoms with Crippen LogP contribution in [0.25, 0.3) is 0 Å². The van der Waals surface area contributed by atoms with Gasteiger partial charge in [0.15, 0.2) is 0 Å². The largest absolute Gasteiger partial charge is 0.370 e. The molecule has 6 nitrogen and oxygen atoms in total. The Balaban J connectivity index is 1.84. The quantitative estimate of drug-likeness (QED) is 0.916. The maximum absolute atomic E-state index is 9.11. The predicted molar refractivity (Wildman–Crippen MR) is 72.9 cm³/mol. The van der Waals surface area contributed by atoms with Crippen LogP contribution in [0.2, 0.25) is 0 Å². The monoisotopic (exact) mass is 269 g/mol. The van der Waals surface area contributed by atoms with Gasteiger partial charge in [-0.05, 0) is 24.6 Å². The lowest BCUT2D eigenvalue weighted by Gasteiger charge is -2.20. The molecule has 6 heteroatoms. The van der Waals surface area contributed by atoms with Gasteiger partial charge < -0.3 is 10.1 Å². The zero-order valence-electron chi connectivity index (χ0n) is 11.2. The van der Waals surface area contributed by atoms with E-state index in [1.807, 2.05) is 17.8 Å². The number of anilines is 1. The van der Waals surface area contributed by atoms with Crippen molar-refractivity contribution in [2.75, 3.05) is 11.9 Å². The smallest absolute Gasteiger partial charge is 0.144 e. The molecule has 3 rings (SSSR count). The van der Waals surface area contributed by atoms with Gasteiger partial charge in [-0.15, -0.1) is 0 Å². The Morgan fingerprint density at radius 2 is 2.35 bits per heavy atom. The number of nitriles is 1. The molecule has 1 saturated heterocycles. The summed E-state index contributed by atoms with van der Waals surface area (Å²) in [6.07, 6.45) is 4.24. The van der Waals surface area contributed by atoms with E-state index in [0.29, 0.717) is 18.0 Å². The van der Waals surface area contributed by atoms with Gasteiger partial charge in [0.1, 0.15) is 18.0 Å². The molecule has 0 aromatic carbocycles. The van der Waals surface area contributed by atoms with E-state index in [2.05, 4.69) is 21.5 Å². The number of ether oxygens (including phenoxy) is 1. The van der Waals surface area contributed by atoms with Gasteiger partial charge in [0, 0.05) is 26.0 Å². The number of nitrogens with one attached hydrogen (secondary N) is 1. The number of pyridine rings is 1. The minimum Gasteiger partial charge on any atom is -0.370 e. The first-order valence-corrected chi connectivity index (χ1v) is 6.51. The van der Waals surface area contributed by atoms with Crippen LogP contribution < -0.4 is 5.32 Å². The van der Waals surface area contributed by atoms with Gasteiger partial charge in [0.25, 0.3) is 0 Å². The second-order valence-electron chi connectivity index (χ2n) is 4.72. The highest BCUT2D eigenvalue weighted by atomic mass is 16.5. The molecule has 2 atom stereocenters. The topological polar surface area (TPSA) is 75.8 Å². The number of rotatable bonds is 3. The van der Waals surface area contributed by atoms with Crippen LogP contribution in [-0.4, -0.2) is 27.4 Å². The average molecular weight is 269 g/mol. The lowest BCUT2D eigenvalue weighted by molar-refractivity contribution is 0.101. The summed E-state index contributed by atoms with van der Waals surface area (Å²) in [5.74, 6) is 0.609. The van der Waals surface area contributed by atoms with Crippen LogP contribution in [0.3, 0.4) is 0 Å². The van der Waals surface area contributed by atoms with Gasteiger partial charge in [-0.1, -0.05) is 0 Å². The molecule has 2 aromatic rings. The zero-order valence-corrected chi connectivity index (χ0v) is 11.2. The molecule has 1 fully saturated rings. The zero-order chi connectivity index (χ0) is 13.9. The highest BCUT2D eigenvalue weighted by Gasteiger charge is 2.32. The molecule has 1 N–H and O–H groups in total. The summed E-state index contributed by atoms with van der Waals surface area (Å²) in [6, 6.07) is 7.70. The van der Waals surface area contributed by atoms with Crippen LogP contribution in [0.15, 0.2) is 30.6 Å². The fourth-order valence-corrected chi connectivity index (χ4v) is 2.48. The number of hydrogen-bond donors (Lipinski definition) is 1. The van der Waals surface area contributed by atoms with E-state index in [4.69, 9.17) is 10.00 Å². The van der Waals surface area contributed by atoms with Gasteiger partial charge >= 0.3 is 0 Å². The molecule has 0 aliphatic carbocycles. The molecule has 2 aromatic heterocycles. The summed E-state index contributed by atoms with van der Waals surface area (Å²) in [5.41, 5.74) is 1.57. The third kappa shape index (κ3) is 2.24. The van der Waals surface area contributed by atoms with Gasteiger partial charge in [-0.2, -0.15) is 10.4 Å². The number of nitrogens with zero attached hydrogens (tertiary/aromatic N) is 4. The first kappa shape index (κ1) is 12.6. The fourth-order valence-electron chi connectivity index (χ4n) is 2.48. The second kappa shape index (κ2) is 5.31. The molecule has 0 radical (unpaired) electrons.